The molecule has 2 rings (SSSR count). The van der Waals surface area contributed by atoms with Gasteiger partial charge < -0.3 is 5.32 Å². The molecular formula is C19H25N3O3S2. The second-order valence-corrected chi connectivity index (χ2v) is 9.38. The lowest BCUT2D eigenvalue weighted by Gasteiger charge is -2.26. The number of nitrogens with zero attached hydrogens (tertiary/aromatic N) is 2. The summed E-state index contributed by atoms with van der Waals surface area (Å²) in [6.07, 6.45) is 0. The van der Waals surface area contributed by atoms with Gasteiger partial charge in [0.2, 0.25) is 5.91 Å². The first-order valence-electron chi connectivity index (χ1n) is 8.52. The van der Waals surface area contributed by atoms with Gasteiger partial charge in [-0.15, -0.1) is 11.8 Å². The number of hydrogen-bond acceptors (Lipinski definition) is 4. The Kier molecular flexibility index (Phi) is 7.70. The molecule has 6 nitrogen and oxygen atoms in total. The van der Waals surface area contributed by atoms with Crippen molar-refractivity contribution in [3.63, 3.8) is 0 Å². The first kappa shape index (κ1) is 21.3. The largest absolute Gasteiger partial charge is 0.354 e. The van der Waals surface area contributed by atoms with Crippen LogP contribution in [0.5, 0.6) is 0 Å². The predicted octanol–water partition coefficient (Wildman–Crippen LogP) is 2.52. The second kappa shape index (κ2) is 9.77. The van der Waals surface area contributed by atoms with Crippen molar-refractivity contribution in [1.29, 1.82) is 0 Å². The number of nitrogens with one attached hydrogen (secondary N) is 1. The van der Waals surface area contributed by atoms with E-state index in [0.29, 0.717) is 18.0 Å². The lowest BCUT2D eigenvalue weighted by Crippen LogP contribution is -2.46. The van der Waals surface area contributed by atoms with E-state index in [0.717, 1.165) is 13.5 Å². The third-order valence-electron chi connectivity index (χ3n) is 3.79. The number of benzene rings is 2. The van der Waals surface area contributed by atoms with Crippen LogP contribution < -0.4 is 9.62 Å². The Balaban J connectivity index is 1.93. The number of para-hydroxylation sites is 1. The van der Waals surface area contributed by atoms with Crippen LogP contribution in [0.1, 0.15) is 5.56 Å². The standard InChI is InChI=1S/C19H25N3O3S2/c1-16-9-11-18(12-10-16)26-14-13-20-19(23)15-22(27(24,25)21(2)3)17-7-5-4-6-8-17/h4-12H,13-15H2,1-3H3,(H,20,23). The summed E-state index contributed by atoms with van der Waals surface area (Å²) in [5.41, 5.74) is 1.66. The molecule has 0 bridgehead atoms. The van der Waals surface area contributed by atoms with Crippen molar-refractivity contribution in [3.8, 4) is 0 Å². The van der Waals surface area contributed by atoms with Gasteiger partial charge in [-0.25, -0.2) is 4.31 Å². The van der Waals surface area contributed by atoms with Gasteiger partial charge in [0.1, 0.15) is 6.54 Å². The molecule has 0 unspecified atom stereocenters. The van der Waals surface area contributed by atoms with Crippen molar-refractivity contribution >= 4 is 33.6 Å². The van der Waals surface area contributed by atoms with Crippen molar-refractivity contribution in [2.45, 2.75) is 11.8 Å². The molecule has 0 saturated carbocycles. The monoisotopic (exact) mass is 407 g/mol. The van der Waals surface area contributed by atoms with E-state index in [-0.39, 0.29) is 12.5 Å². The molecular weight excluding hydrogens is 382 g/mol. The number of amides is 1. The Morgan fingerprint density at radius 3 is 2.26 bits per heavy atom. The van der Waals surface area contributed by atoms with Crippen LogP contribution in [-0.2, 0) is 15.0 Å². The van der Waals surface area contributed by atoms with Gasteiger partial charge >= 0.3 is 10.2 Å². The predicted molar refractivity (Wildman–Crippen MR) is 111 cm³/mol. The maximum absolute atomic E-state index is 12.6. The number of thioether (sulfide) groups is 1. The van der Waals surface area contributed by atoms with Crippen molar-refractivity contribution in [3.05, 3.63) is 60.2 Å². The highest BCUT2D eigenvalue weighted by atomic mass is 32.2. The maximum atomic E-state index is 12.6. The topological polar surface area (TPSA) is 69.7 Å². The summed E-state index contributed by atoms with van der Waals surface area (Å²) in [6.45, 7) is 2.23. The van der Waals surface area contributed by atoms with E-state index in [9.17, 15) is 13.2 Å². The fourth-order valence-electron chi connectivity index (χ4n) is 2.28. The number of hydrogen-bond donors (Lipinski definition) is 1. The van der Waals surface area contributed by atoms with Crippen LogP contribution in [0.2, 0.25) is 0 Å². The van der Waals surface area contributed by atoms with E-state index in [4.69, 9.17) is 0 Å². The Bertz CT molecular complexity index is 838. The lowest BCUT2D eigenvalue weighted by atomic mass is 10.2. The molecule has 1 amide bonds. The summed E-state index contributed by atoms with van der Waals surface area (Å²) in [5, 5.41) is 2.79. The highest BCUT2D eigenvalue weighted by molar-refractivity contribution is 7.99. The number of carbonyl (C=O) groups is 1. The Hall–Kier alpha value is -2.03. The van der Waals surface area contributed by atoms with Gasteiger partial charge in [-0.1, -0.05) is 35.9 Å². The zero-order valence-corrected chi connectivity index (χ0v) is 17.4. The molecule has 27 heavy (non-hydrogen) atoms. The molecule has 0 spiro atoms. The van der Waals surface area contributed by atoms with Gasteiger partial charge in [0, 0.05) is 31.3 Å². The van der Waals surface area contributed by atoms with Crippen LogP contribution in [0.4, 0.5) is 5.69 Å². The minimum Gasteiger partial charge on any atom is -0.354 e. The highest BCUT2D eigenvalue weighted by Crippen LogP contribution is 2.19. The molecule has 0 atom stereocenters. The third-order valence-corrected chi connectivity index (χ3v) is 6.62. The molecule has 1 N–H and O–H groups in total. The smallest absolute Gasteiger partial charge is 0.304 e. The molecule has 8 heteroatoms. The van der Waals surface area contributed by atoms with E-state index >= 15 is 0 Å². The van der Waals surface area contributed by atoms with Gasteiger partial charge in [0.05, 0.1) is 5.69 Å². The number of carbonyl (C=O) groups excluding carboxylic acids is 1. The minimum absolute atomic E-state index is 0.264. The van der Waals surface area contributed by atoms with Crippen LogP contribution in [-0.4, -0.2) is 51.6 Å². The van der Waals surface area contributed by atoms with Gasteiger partial charge in [0.15, 0.2) is 0 Å². The summed E-state index contributed by atoms with van der Waals surface area (Å²) in [4.78, 5) is 13.4. The Labute approximate surface area is 165 Å². The molecule has 0 aliphatic carbocycles. The van der Waals surface area contributed by atoms with Crippen LogP contribution in [0.3, 0.4) is 0 Å². The van der Waals surface area contributed by atoms with E-state index < -0.39 is 10.2 Å². The molecule has 0 saturated heterocycles. The lowest BCUT2D eigenvalue weighted by molar-refractivity contribution is -0.119. The van der Waals surface area contributed by atoms with Crippen LogP contribution in [0.25, 0.3) is 0 Å². The molecule has 0 aromatic heterocycles. The number of anilines is 1. The normalized spacial score (nSPS) is 11.4. The fourth-order valence-corrected chi connectivity index (χ4v) is 4.11. The first-order chi connectivity index (χ1) is 12.8. The van der Waals surface area contributed by atoms with E-state index in [1.54, 1.807) is 42.1 Å². The molecule has 0 aliphatic heterocycles. The molecule has 0 heterocycles. The van der Waals surface area contributed by atoms with Gasteiger partial charge in [0.25, 0.3) is 0 Å². The number of aryl methyl sites for hydroxylation is 1. The van der Waals surface area contributed by atoms with Gasteiger partial charge in [-0.05, 0) is 31.2 Å². The molecule has 146 valence electrons. The third kappa shape index (κ3) is 6.27. The summed E-state index contributed by atoms with van der Waals surface area (Å²) in [6, 6.07) is 16.8. The minimum atomic E-state index is -3.76. The van der Waals surface area contributed by atoms with E-state index in [1.807, 2.05) is 31.2 Å². The molecule has 2 aromatic rings. The quantitative estimate of drug-likeness (QED) is 0.512. The van der Waals surface area contributed by atoms with Crippen molar-refractivity contribution < 1.29 is 13.2 Å². The van der Waals surface area contributed by atoms with Crippen LogP contribution >= 0.6 is 11.8 Å². The van der Waals surface area contributed by atoms with Gasteiger partial charge in [-0.2, -0.15) is 12.7 Å². The summed E-state index contributed by atoms with van der Waals surface area (Å²) in [7, 11) is -0.873. The fraction of sp³-hybridized carbons (Fsp3) is 0.316. The average Bonchev–Trinajstić information content (AvgIpc) is 2.65. The van der Waals surface area contributed by atoms with Crippen LogP contribution in [0, 0.1) is 6.92 Å². The second-order valence-electron chi connectivity index (χ2n) is 6.14. The first-order valence-corrected chi connectivity index (χ1v) is 10.9. The molecule has 0 fully saturated rings. The Morgan fingerprint density at radius 2 is 1.67 bits per heavy atom. The summed E-state index contributed by atoms with van der Waals surface area (Å²) < 4.78 is 27.4. The molecule has 0 aliphatic rings. The SMILES string of the molecule is Cc1ccc(SCCNC(=O)CN(c2ccccc2)S(=O)(=O)N(C)C)cc1. The zero-order valence-electron chi connectivity index (χ0n) is 15.8. The van der Waals surface area contributed by atoms with Gasteiger partial charge in [-0.3, -0.25) is 4.79 Å². The van der Waals surface area contributed by atoms with Crippen LogP contribution in [0.15, 0.2) is 59.5 Å². The maximum Gasteiger partial charge on any atom is 0.304 e. The number of rotatable bonds is 9. The highest BCUT2D eigenvalue weighted by Gasteiger charge is 2.26. The molecule has 2 aromatic carbocycles. The van der Waals surface area contributed by atoms with Crippen molar-refractivity contribution in [2.75, 3.05) is 37.2 Å². The molecule has 0 radical (unpaired) electrons. The average molecular weight is 408 g/mol. The van der Waals surface area contributed by atoms with Crippen molar-refractivity contribution in [1.82, 2.24) is 9.62 Å². The Morgan fingerprint density at radius 1 is 1.04 bits per heavy atom. The van der Waals surface area contributed by atoms with E-state index in [1.165, 1.54) is 19.7 Å². The summed E-state index contributed by atoms with van der Waals surface area (Å²) in [5.74, 6) is 0.370. The zero-order chi connectivity index (χ0) is 19.9. The van der Waals surface area contributed by atoms with Crippen molar-refractivity contribution in [2.24, 2.45) is 0 Å². The van der Waals surface area contributed by atoms with E-state index in [2.05, 4.69) is 5.32 Å². The summed E-state index contributed by atoms with van der Waals surface area (Å²) >= 11 is 1.64.